The van der Waals surface area contributed by atoms with Gasteiger partial charge in [0, 0.05) is 50.7 Å². The van der Waals surface area contributed by atoms with Crippen molar-refractivity contribution in [2.24, 2.45) is 0 Å². The molecule has 0 amide bonds. The van der Waals surface area contributed by atoms with Crippen molar-refractivity contribution in [3.05, 3.63) is 56.6 Å². The number of benzene rings is 2. The lowest BCUT2D eigenvalue weighted by molar-refractivity contribution is 0.0698. The van der Waals surface area contributed by atoms with Crippen LogP contribution in [0.25, 0.3) is 10.9 Å². The second kappa shape index (κ2) is 9.36. The summed E-state index contributed by atoms with van der Waals surface area (Å²) in [6.45, 7) is 0.760. The van der Waals surface area contributed by atoms with Crippen LogP contribution in [-0.2, 0) is 10.0 Å². The molecule has 2 aromatic carbocycles. The summed E-state index contributed by atoms with van der Waals surface area (Å²) in [5.41, 5.74) is 0.773. The van der Waals surface area contributed by atoms with Gasteiger partial charge in [0.25, 0.3) is 0 Å². The molecule has 2 heterocycles. The van der Waals surface area contributed by atoms with Crippen molar-refractivity contribution in [1.82, 2.24) is 9.29 Å². The molecule has 32 heavy (non-hydrogen) atoms. The SMILES string of the molecule is O=C(O)c1cc(Cl)ccc1Nc1c(S(=O)(=O)N2CCSCC2)cnc2c(Br)cc(Cl)cc12. The number of pyridine rings is 1. The minimum absolute atomic E-state index is 0.0580. The van der Waals surface area contributed by atoms with Crippen molar-refractivity contribution in [3.63, 3.8) is 0 Å². The largest absolute Gasteiger partial charge is 0.478 e. The van der Waals surface area contributed by atoms with E-state index in [1.807, 2.05) is 0 Å². The summed E-state index contributed by atoms with van der Waals surface area (Å²) in [7, 11) is -3.91. The maximum atomic E-state index is 13.5. The predicted octanol–water partition coefficient (Wildman–Crippen LogP) is 5.48. The number of carboxylic acids is 1. The third kappa shape index (κ3) is 4.57. The molecule has 0 aliphatic carbocycles. The lowest BCUT2D eigenvalue weighted by atomic mass is 10.1. The molecule has 1 aliphatic heterocycles. The zero-order valence-electron chi connectivity index (χ0n) is 16.3. The molecule has 0 spiro atoms. The molecule has 12 heteroatoms. The highest BCUT2D eigenvalue weighted by Crippen LogP contribution is 2.39. The van der Waals surface area contributed by atoms with Crippen LogP contribution >= 0.6 is 50.9 Å². The Morgan fingerprint density at radius 1 is 1.16 bits per heavy atom. The summed E-state index contributed by atoms with van der Waals surface area (Å²) in [6, 6.07) is 7.57. The number of fused-ring (bicyclic) bond motifs is 1. The van der Waals surface area contributed by atoms with Crippen LogP contribution in [0.3, 0.4) is 0 Å². The summed E-state index contributed by atoms with van der Waals surface area (Å²) in [4.78, 5) is 16.1. The first-order valence-corrected chi connectivity index (χ1v) is 13.5. The fraction of sp³-hybridized carbons (Fsp3) is 0.200. The average molecular weight is 577 g/mol. The van der Waals surface area contributed by atoms with Gasteiger partial charge in [-0.3, -0.25) is 4.98 Å². The monoisotopic (exact) mass is 575 g/mol. The van der Waals surface area contributed by atoms with Crippen LogP contribution in [0.5, 0.6) is 0 Å². The van der Waals surface area contributed by atoms with Gasteiger partial charge in [0.1, 0.15) is 4.90 Å². The number of hydrogen-bond donors (Lipinski definition) is 2. The van der Waals surface area contributed by atoms with Gasteiger partial charge >= 0.3 is 5.97 Å². The second-order valence-corrected chi connectivity index (χ2v) is 11.8. The molecule has 0 atom stereocenters. The number of hydrogen-bond acceptors (Lipinski definition) is 6. The van der Waals surface area contributed by atoms with Gasteiger partial charge in [-0.1, -0.05) is 23.2 Å². The van der Waals surface area contributed by atoms with Crippen LogP contribution in [0.4, 0.5) is 11.4 Å². The molecule has 3 aromatic rings. The van der Waals surface area contributed by atoms with Crippen molar-refractivity contribution in [3.8, 4) is 0 Å². The minimum atomic E-state index is -3.91. The Labute approximate surface area is 207 Å². The van der Waals surface area contributed by atoms with E-state index in [0.29, 0.717) is 45.0 Å². The lowest BCUT2D eigenvalue weighted by Gasteiger charge is -2.27. The first kappa shape index (κ1) is 23.6. The number of sulfonamides is 1. The van der Waals surface area contributed by atoms with E-state index in [9.17, 15) is 18.3 Å². The number of anilines is 2. The number of aromatic carboxylic acids is 1. The third-order valence-electron chi connectivity index (χ3n) is 4.91. The highest BCUT2D eigenvalue weighted by Gasteiger charge is 2.31. The van der Waals surface area contributed by atoms with E-state index in [0.717, 1.165) is 0 Å². The van der Waals surface area contributed by atoms with E-state index >= 15 is 0 Å². The number of nitrogens with one attached hydrogen (secondary N) is 1. The first-order valence-electron chi connectivity index (χ1n) is 9.34. The molecular formula is C20H16BrCl2N3O4S2. The molecule has 7 nitrogen and oxygen atoms in total. The number of rotatable bonds is 5. The highest BCUT2D eigenvalue weighted by molar-refractivity contribution is 9.10. The summed E-state index contributed by atoms with van der Waals surface area (Å²) >= 11 is 17.3. The molecule has 0 saturated carbocycles. The molecule has 1 aliphatic rings. The highest BCUT2D eigenvalue weighted by atomic mass is 79.9. The molecule has 4 rings (SSSR count). The quantitative estimate of drug-likeness (QED) is 0.414. The Morgan fingerprint density at radius 3 is 2.56 bits per heavy atom. The van der Waals surface area contributed by atoms with Gasteiger partial charge in [0.05, 0.1) is 22.5 Å². The number of halogens is 3. The van der Waals surface area contributed by atoms with E-state index in [1.54, 1.807) is 23.9 Å². The topological polar surface area (TPSA) is 99.6 Å². The first-order chi connectivity index (χ1) is 15.2. The molecule has 0 radical (unpaired) electrons. The summed E-state index contributed by atoms with van der Waals surface area (Å²) in [6.07, 6.45) is 1.29. The number of nitrogens with zero attached hydrogens (tertiary/aromatic N) is 2. The summed E-state index contributed by atoms with van der Waals surface area (Å²) in [5, 5.41) is 13.7. The van der Waals surface area contributed by atoms with Crippen LogP contribution in [-0.4, -0.2) is 53.4 Å². The number of carboxylic acid groups (broad SMARTS) is 1. The van der Waals surface area contributed by atoms with Gasteiger partial charge in [0.2, 0.25) is 10.0 Å². The van der Waals surface area contributed by atoms with E-state index in [4.69, 9.17) is 23.2 Å². The van der Waals surface area contributed by atoms with E-state index in [-0.39, 0.29) is 26.9 Å². The molecule has 1 fully saturated rings. The van der Waals surface area contributed by atoms with Gasteiger partial charge in [-0.15, -0.1) is 0 Å². The Morgan fingerprint density at radius 2 is 1.88 bits per heavy atom. The van der Waals surface area contributed by atoms with Gasteiger partial charge in [-0.2, -0.15) is 16.1 Å². The fourth-order valence-corrected chi connectivity index (χ4v) is 7.16. The van der Waals surface area contributed by atoms with Gasteiger partial charge in [0.15, 0.2) is 0 Å². The van der Waals surface area contributed by atoms with Gasteiger partial charge < -0.3 is 10.4 Å². The maximum absolute atomic E-state index is 13.5. The van der Waals surface area contributed by atoms with Crippen molar-refractivity contribution < 1.29 is 18.3 Å². The van der Waals surface area contributed by atoms with E-state index in [1.165, 1.54) is 28.7 Å². The van der Waals surface area contributed by atoms with Crippen molar-refractivity contribution in [2.45, 2.75) is 4.90 Å². The van der Waals surface area contributed by atoms with E-state index in [2.05, 4.69) is 26.2 Å². The number of carbonyl (C=O) groups is 1. The summed E-state index contributed by atoms with van der Waals surface area (Å²) in [5.74, 6) is 0.187. The van der Waals surface area contributed by atoms with Crippen LogP contribution in [0, 0.1) is 0 Å². The Bertz CT molecular complexity index is 1330. The van der Waals surface area contributed by atoms with Gasteiger partial charge in [-0.25, -0.2) is 13.2 Å². The Balaban J connectivity index is 1.97. The Hall–Kier alpha value is -1.56. The van der Waals surface area contributed by atoms with Crippen molar-refractivity contribution in [1.29, 1.82) is 0 Å². The standard InChI is InChI=1S/C20H16BrCl2N3O4S2/c21-15-9-12(23)8-14-18(15)24-10-17(32(29,30)26-3-5-31-6-4-26)19(14)25-16-2-1-11(22)7-13(16)20(27)28/h1-2,7-10H,3-6H2,(H,24,25)(H,27,28). The zero-order chi connectivity index (χ0) is 23.0. The molecular weight excluding hydrogens is 561 g/mol. The third-order valence-corrected chi connectivity index (χ3v) is 8.83. The lowest BCUT2D eigenvalue weighted by Crippen LogP contribution is -2.38. The van der Waals surface area contributed by atoms with Crippen LogP contribution in [0.2, 0.25) is 10.0 Å². The molecule has 2 N–H and O–H groups in total. The number of aromatic nitrogens is 1. The molecule has 168 valence electrons. The van der Waals surface area contributed by atoms with Crippen molar-refractivity contribution in [2.75, 3.05) is 29.9 Å². The zero-order valence-corrected chi connectivity index (χ0v) is 21.0. The van der Waals surface area contributed by atoms with Crippen LogP contribution in [0.15, 0.2) is 45.9 Å². The van der Waals surface area contributed by atoms with Gasteiger partial charge in [-0.05, 0) is 46.3 Å². The average Bonchev–Trinajstić information content (AvgIpc) is 2.75. The second-order valence-electron chi connectivity index (χ2n) is 6.92. The smallest absolute Gasteiger partial charge is 0.337 e. The predicted molar refractivity (Wildman–Crippen MR) is 132 cm³/mol. The molecule has 0 unspecified atom stereocenters. The number of thioether (sulfide) groups is 1. The van der Waals surface area contributed by atoms with Crippen molar-refractivity contribution >= 4 is 89.2 Å². The summed E-state index contributed by atoms with van der Waals surface area (Å²) < 4.78 is 29.1. The van der Waals surface area contributed by atoms with Crippen LogP contribution < -0.4 is 5.32 Å². The van der Waals surface area contributed by atoms with Crippen LogP contribution in [0.1, 0.15) is 10.4 Å². The molecule has 0 bridgehead atoms. The molecule has 1 saturated heterocycles. The normalized spacial score (nSPS) is 15.1. The van der Waals surface area contributed by atoms with E-state index < -0.39 is 16.0 Å². The maximum Gasteiger partial charge on any atom is 0.337 e. The Kier molecular flexibility index (Phi) is 6.90. The fourth-order valence-electron chi connectivity index (χ4n) is 3.40. The molecule has 1 aromatic heterocycles. The minimum Gasteiger partial charge on any atom is -0.478 e.